The summed E-state index contributed by atoms with van der Waals surface area (Å²) in [4.78, 5) is 11.0. The Hall–Kier alpha value is -0.0500. The largest absolute Gasteiger partial charge is 0.355 e. The van der Waals surface area contributed by atoms with E-state index in [0.717, 1.165) is 18.9 Å². The van der Waals surface area contributed by atoms with Gasteiger partial charge < -0.3 is 5.32 Å². The van der Waals surface area contributed by atoms with Crippen LogP contribution in [0.1, 0.15) is 71.6 Å². The van der Waals surface area contributed by atoms with Crippen LogP contribution in [0.4, 0.5) is 0 Å². The lowest BCUT2D eigenvalue weighted by Gasteiger charge is -2.15. The average molecular weight is 320 g/mol. The topological polar surface area (TPSA) is 29.1 Å². The molecule has 1 unspecified atom stereocenters. The SMILES string of the molecule is CCCCC(CCC)CCCCCNC(=O)CBr. The highest BCUT2D eigenvalue weighted by Crippen LogP contribution is 2.21. The van der Waals surface area contributed by atoms with E-state index >= 15 is 0 Å². The molecular weight excluding hydrogens is 290 g/mol. The van der Waals surface area contributed by atoms with Crippen LogP contribution in [-0.2, 0) is 4.79 Å². The molecule has 0 aliphatic heterocycles. The van der Waals surface area contributed by atoms with Gasteiger partial charge in [-0.1, -0.05) is 81.1 Å². The average Bonchev–Trinajstić information content (AvgIpc) is 2.39. The molecule has 0 bridgehead atoms. The highest BCUT2D eigenvalue weighted by atomic mass is 79.9. The number of hydrogen-bond acceptors (Lipinski definition) is 1. The molecule has 0 spiro atoms. The number of alkyl halides is 1. The molecule has 0 radical (unpaired) electrons. The van der Waals surface area contributed by atoms with Crippen LogP contribution in [0.5, 0.6) is 0 Å². The van der Waals surface area contributed by atoms with E-state index in [2.05, 4.69) is 35.1 Å². The van der Waals surface area contributed by atoms with Crippen molar-refractivity contribution in [2.75, 3.05) is 11.9 Å². The minimum atomic E-state index is 0.0989. The lowest BCUT2D eigenvalue weighted by Crippen LogP contribution is -2.25. The van der Waals surface area contributed by atoms with Gasteiger partial charge in [-0.25, -0.2) is 0 Å². The number of halogens is 1. The molecule has 0 aromatic rings. The number of rotatable bonds is 12. The van der Waals surface area contributed by atoms with Gasteiger partial charge in [0.05, 0.1) is 5.33 Å². The molecule has 1 atom stereocenters. The molecule has 0 saturated heterocycles. The molecule has 3 heteroatoms. The van der Waals surface area contributed by atoms with Crippen molar-refractivity contribution < 1.29 is 4.79 Å². The minimum absolute atomic E-state index is 0.0989. The van der Waals surface area contributed by atoms with Gasteiger partial charge in [0, 0.05) is 6.54 Å². The first-order valence-electron chi connectivity index (χ1n) is 7.57. The van der Waals surface area contributed by atoms with Gasteiger partial charge in [0.25, 0.3) is 0 Å². The molecule has 0 saturated carbocycles. The number of nitrogens with one attached hydrogen (secondary N) is 1. The van der Waals surface area contributed by atoms with Crippen molar-refractivity contribution in [1.29, 1.82) is 0 Å². The molecule has 18 heavy (non-hydrogen) atoms. The molecule has 0 fully saturated rings. The number of carbonyl (C=O) groups is 1. The van der Waals surface area contributed by atoms with Gasteiger partial charge in [0.15, 0.2) is 0 Å². The normalized spacial score (nSPS) is 12.4. The predicted molar refractivity (Wildman–Crippen MR) is 83.2 cm³/mol. The van der Waals surface area contributed by atoms with Crippen LogP contribution in [0.2, 0.25) is 0 Å². The molecule has 0 aliphatic carbocycles. The smallest absolute Gasteiger partial charge is 0.230 e. The van der Waals surface area contributed by atoms with Crippen LogP contribution >= 0.6 is 15.9 Å². The van der Waals surface area contributed by atoms with Gasteiger partial charge in [-0.15, -0.1) is 0 Å². The lowest BCUT2D eigenvalue weighted by molar-refractivity contribution is -0.118. The first-order chi connectivity index (χ1) is 8.74. The number of carbonyl (C=O) groups excluding carboxylic acids is 1. The van der Waals surface area contributed by atoms with Crippen molar-refractivity contribution in [3.8, 4) is 0 Å². The molecule has 0 heterocycles. The second kappa shape index (κ2) is 13.4. The fourth-order valence-electron chi connectivity index (χ4n) is 2.34. The summed E-state index contributed by atoms with van der Waals surface area (Å²) >= 11 is 3.15. The summed E-state index contributed by atoms with van der Waals surface area (Å²) in [5, 5.41) is 3.31. The van der Waals surface area contributed by atoms with Crippen LogP contribution in [0.25, 0.3) is 0 Å². The van der Waals surface area contributed by atoms with Crippen molar-refractivity contribution in [2.45, 2.75) is 71.6 Å². The summed E-state index contributed by atoms with van der Waals surface area (Å²) < 4.78 is 0. The molecule has 1 amide bonds. The van der Waals surface area contributed by atoms with Gasteiger partial charge in [-0.2, -0.15) is 0 Å². The third-order valence-electron chi connectivity index (χ3n) is 3.40. The summed E-state index contributed by atoms with van der Waals surface area (Å²) in [5.41, 5.74) is 0. The second-order valence-corrected chi connectivity index (χ2v) is 5.69. The monoisotopic (exact) mass is 319 g/mol. The number of hydrogen-bond donors (Lipinski definition) is 1. The summed E-state index contributed by atoms with van der Waals surface area (Å²) in [6, 6.07) is 0. The van der Waals surface area contributed by atoms with Gasteiger partial charge in [-0.05, 0) is 12.3 Å². The van der Waals surface area contributed by atoms with E-state index in [4.69, 9.17) is 0 Å². The molecule has 108 valence electrons. The van der Waals surface area contributed by atoms with Crippen LogP contribution in [0, 0.1) is 5.92 Å². The fraction of sp³-hybridized carbons (Fsp3) is 0.933. The Labute approximate surface area is 121 Å². The summed E-state index contributed by atoms with van der Waals surface area (Å²) in [7, 11) is 0. The summed E-state index contributed by atoms with van der Waals surface area (Å²) in [5.74, 6) is 1.04. The third-order valence-corrected chi connectivity index (χ3v) is 3.90. The molecule has 0 aromatic carbocycles. The number of unbranched alkanes of at least 4 members (excludes halogenated alkanes) is 3. The zero-order valence-corrected chi connectivity index (χ0v) is 13.7. The molecule has 1 N–H and O–H groups in total. The maximum Gasteiger partial charge on any atom is 0.230 e. The number of amides is 1. The van der Waals surface area contributed by atoms with Gasteiger partial charge in [-0.3, -0.25) is 4.79 Å². The molecular formula is C15H30BrNO. The Kier molecular flexibility index (Phi) is 13.3. The highest BCUT2D eigenvalue weighted by molar-refractivity contribution is 9.09. The van der Waals surface area contributed by atoms with Gasteiger partial charge >= 0.3 is 0 Å². The Balaban J connectivity index is 3.45. The highest BCUT2D eigenvalue weighted by Gasteiger charge is 2.06. The van der Waals surface area contributed by atoms with Gasteiger partial charge in [0.2, 0.25) is 5.91 Å². The van der Waals surface area contributed by atoms with Crippen molar-refractivity contribution in [3.63, 3.8) is 0 Å². The standard InChI is InChI=1S/C15H30BrNO/c1-3-5-10-14(9-4-2)11-7-6-8-12-17-15(18)13-16/h14H,3-13H2,1-2H3,(H,17,18). The quantitative estimate of drug-likeness (QED) is 0.411. The Morgan fingerprint density at radius 3 is 2.33 bits per heavy atom. The first kappa shape index (κ1) is 17.9. The maximum absolute atomic E-state index is 11.0. The first-order valence-corrected chi connectivity index (χ1v) is 8.69. The van der Waals surface area contributed by atoms with Crippen LogP contribution in [-0.4, -0.2) is 17.8 Å². The van der Waals surface area contributed by atoms with Crippen molar-refractivity contribution >= 4 is 21.8 Å². The van der Waals surface area contributed by atoms with E-state index in [1.54, 1.807) is 0 Å². The van der Waals surface area contributed by atoms with Crippen LogP contribution in [0.3, 0.4) is 0 Å². The van der Waals surface area contributed by atoms with E-state index < -0.39 is 0 Å². The van der Waals surface area contributed by atoms with E-state index in [-0.39, 0.29) is 5.91 Å². The van der Waals surface area contributed by atoms with Crippen LogP contribution < -0.4 is 5.32 Å². The van der Waals surface area contributed by atoms with Crippen molar-refractivity contribution in [1.82, 2.24) is 5.32 Å². The molecule has 2 nitrogen and oxygen atoms in total. The van der Waals surface area contributed by atoms with E-state index in [1.165, 1.54) is 51.4 Å². The Bertz CT molecular complexity index is 197. The third kappa shape index (κ3) is 11.1. The molecule has 0 rings (SSSR count). The summed E-state index contributed by atoms with van der Waals surface area (Å²) in [6.07, 6.45) is 11.9. The van der Waals surface area contributed by atoms with Crippen molar-refractivity contribution in [3.05, 3.63) is 0 Å². The van der Waals surface area contributed by atoms with E-state index in [9.17, 15) is 4.79 Å². The van der Waals surface area contributed by atoms with E-state index in [0.29, 0.717) is 5.33 Å². The zero-order chi connectivity index (χ0) is 13.6. The Morgan fingerprint density at radius 2 is 1.72 bits per heavy atom. The predicted octanol–water partition coefficient (Wildman–Crippen LogP) is 4.66. The molecule has 0 aromatic heterocycles. The van der Waals surface area contributed by atoms with Crippen molar-refractivity contribution in [2.24, 2.45) is 5.92 Å². The van der Waals surface area contributed by atoms with Gasteiger partial charge in [0.1, 0.15) is 0 Å². The Morgan fingerprint density at radius 1 is 1.00 bits per heavy atom. The zero-order valence-electron chi connectivity index (χ0n) is 12.1. The van der Waals surface area contributed by atoms with E-state index in [1.807, 2.05) is 0 Å². The van der Waals surface area contributed by atoms with Crippen LogP contribution in [0.15, 0.2) is 0 Å². The fourth-order valence-corrected chi connectivity index (χ4v) is 2.54. The molecule has 0 aliphatic rings. The lowest BCUT2D eigenvalue weighted by atomic mass is 9.91. The minimum Gasteiger partial charge on any atom is -0.355 e. The summed E-state index contributed by atoms with van der Waals surface area (Å²) in [6.45, 7) is 5.39. The second-order valence-electron chi connectivity index (χ2n) is 5.13. The maximum atomic E-state index is 11.0.